The SMILES string of the molecule is COc1ccccc1OC[C@H](C)NC(=S)Nc1ccc(Br)cc1. The van der Waals surface area contributed by atoms with Crippen LogP contribution in [0, 0.1) is 0 Å². The summed E-state index contributed by atoms with van der Waals surface area (Å²) in [5.74, 6) is 1.44. The van der Waals surface area contributed by atoms with E-state index in [1.807, 2.05) is 55.5 Å². The van der Waals surface area contributed by atoms with E-state index in [1.165, 1.54) is 0 Å². The van der Waals surface area contributed by atoms with Gasteiger partial charge in [0.15, 0.2) is 16.6 Å². The summed E-state index contributed by atoms with van der Waals surface area (Å²) < 4.78 is 12.1. The number of thiocarbonyl (C=S) groups is 1. The van der Waals surface area contributed by atoms with Crippen LogP contribution < -0.4 is 20.1 Å². The Morgan fingerprint density at radius 2 is 1.78 bits per heavy atom. The molecule has 1 atom stereocenters. The van der Waals surface area contributed by atoms with E-state index in [1.54, 1.807) is 7.11 Å². The maximum absolute atomic E-state index is 5.78. The standard InChI is InChI=1S/C17H19BrN2O2S/c1-12(11-22-16-6-4-3-5-15(16)21-2)19-17(23)20-14-9-7-13(18)8-10-14/h3-10,12H,11H2,1-2H3,(H2,19,20,23)/t12-/m0/s1. The lowest BCUT2D eigenvalue weighted by Gasteiger charge is -2.18. The molecule has 0 fully saturated rings. The summed E-state index contributed by atoms with van der Waals surface area (Å²) >= 11 is 8.71. The van der Waals surface area contributed by atoms with E-state index < -0.39 is 0 Å². The van der Waals surface area contributed by atoms with Gasteiger partial charge in [0.05, 0.1) is 13.2 Å². The molecule has 0 radical (unpaired) electrons. The lowest BCUT2D eigenvalue weighted by atomic mass is 10.3. The van der Waals surface area contributed by atoms with E-state index in [9.17, 15) is 0 Å². The predicted molar refractivity (Wildman–Crippen MR) is 101 cm³/mol. The molecule has 2 aromatic rings. The molecule has 122 valence electrons. The first-order chi connectivity index (χ1) is 11.1. The number of nitrogens with one attached hydrogen (secondary N) is 2. The Kier molecular flexibility index (Phi) is 6.67. The molecular formula is C17H19BrN2O2S. The molecule has 4 nitrogen and oxygen atoms in total. The van der Waals surface area contributed by atoms with Crippen molar-refractivity contribution in [3.8, 4) is 11.5 Å². The van der Waals surface area contributed by atoms with E-state index in [2.05, 4.69) is 26.6 Å². The molecule has 0 spiro atoms. The number of rotatable bonds is 6. The minimum Gasteiger partial charge on any atom is -0.493 e. The topological polar surface area (TPSA) is 42.5 Å². The minimum absolute atomic E-state index is 0.0513. The molecular weight excluding hydrogens is 376 g/mol. The summed E-state index contributed by atoms with van der Waals surface area (Å²) in [4.78, 5) is 0. The minimum atomic E-state index is 0.0513. The van der Waals surface area contributed by atoms with Gasteiger partial charge in [-0.25, -0.2) is 0 Å². The van der Waals surface area contributed by atoms with Crippen molar-refractivity contribution in [2.45, 2.75) is 13.0 Å². The fraction of sp³-hybridized carbons (Fsp3) is 0.235. The van der Waals surface area contributed by atoms with Gasteiger partial charge in [-0.3, -0.25) is 0 Å². The van der Waals surface area contributed by atoms with Crippen LogP contribution in [0.3, 0.4) is 0 Å². The monoisotopic (exact) mass is 394 g/mol. The number of para-hydroxylation sites is 2. The zero-order chi connectivity index (χ0) is 16.7. The molecule has 0 saturated heterocycles. The summed E-state index contributed by atoms with van der Waals surface area (Å²) in [5.41, 5.74) is 0.934. The molecule has 0 amide bonds. The normalized spacial score (nSPS) is 11.4. The molecule has 23 heavy (non-hydrogen) atoms. The molecule has 2 N–H and O–H groups in total. The Bertz CT molecular complexity index is 649. The molecule has 0 aliphatic heterocycles. The van der Waals surface area contributed by atoms with Gasteiger partial charge in [0, 0.05) is 10.2 Å². The van der Waals surface area contributed by atoms with Crippen molar-refractivity contribution in [1.29, 1.82) is 0 Å². The third-order valence-electron chi connectivity index (χ3n) is 3.04. The lowest BCUT2D eigenvalue weighted by Crippen LogP contribution is -2.39. The van der Waals surface area contributed by atoms with Crippen LogP contribution in [0.1, 0.15) is 6.92 Å². The lowest BCUT2D eigenvalue weighted by molar-refractivity contribution is 0.270. The Hall–Kier alpha value is -1.79. The Morgan fingerprint density at radius 1 is 1.13 bits per heavy atom. The Balaban J connectivity index is 1.81. The van der Waals surface area contributed by atoms with E-state index in [-0.39, 0.29) is 6.04 Å². The second-order valence-corrected chi connectivity index (χ2v) is 6.29. The van der Waals surface area contributed by atoms with Crippen LogP contribution >= 0.6 is 28.1 Å². The third-order valence-corrected chi connectivity index (χ3v) is 3.79. The molecule has 0 heterocycles. The summed E-state index contributed by atoms with van der Waals surface area (Å²) in [6.45, 7) is 2.48. The van der Waals surface area contributed by atoms with Crippen molar-refractivity contribution in [2.24, 2.45) is 0 Å². The zero-order valence-electron chi connectivity index (χ0n) is 13.0. The first kappa shape index (κ1) is 17.6. The van der Waals surface area contributed by atoms with Gasteiger partial charge in [-0.05, 0) is 55.5 Å². The molecule has 2 aromatic carbocycles. The number of hydrogen-bond donors (Lipinski definition) is 2. The highest BCUT2D eigenvalue weighted by atomic mass is 79.9. The van der Waals surface area contributed by atoms with Gasteiger partial charge in [-0.15, -0.1) is 0 Å². The number of halogens is 1. The zero-order valence-corrected chi connectivity index (χ0v) is 15.4. The number of anilines is 1. The molecule has 6 heteroatoms. The Labute approximate surface area is 150 Å². The van der Waals surface area contributed by atoms with Crippen LogP contribution in [0.5, 0.6) is 11.5 Å². The van der Waals surface area contributed by atoms with Gasteiger partial charge in [0.25, 0.3) is 0 Å². The second kappa shape index (κ2) is 8.74. The van der Waals surface area contributed by atoms with Crippen molar-refractivity contribution >= 4 is 38.9 Å². The molecule has 2 rings (SSSR count). The van der Waals surface area contributed by atoms with Crippen molar-refractivity contribution in [3.63, 3.8) is 0 Å². The highest BCUT2D eigenvalue weighted by molar-refractivity contribution is 9.10. The number of hydrogen-bond acceptors (Lipinski definition) is 3. The van der Waals surface area contributed by atoms with Crippen LogP contribution in [0.15, 0.2) is 53.0 Å². The summed E-state index contributed by atoms with van der Waals surface area (Å²) in [6.07, 6.45) is 0. The van der Waals surface area contributed by atoms with Gasteiger partial charge < -0.3 is 20.1 Å². The summed E-state index contributed by atoms with van der Waals surface area (Å²) in [5, 5.41) is 6.89. The van der Waals surface area contributed by atoms with Gasteiger partial charge in [-0.1, -0.05) is 28.1 Å². The molecule has 0 aliphatic carbocycles. The van der Waals surface area contributed by atoms with Crippen LogP contribution in [0.25, 0.3) is 0 Å². The first-order valence-corrected chi connectivity index (χ1v) is 8.37. The van der Waals surface area contributed by atoms with E-state index in [0.29, 0.717) is 11.7 Å². The largest absolute Gasteiger partial charge is 0.493 e. The van der Waals surface area contributed by atoms with Crippen LogP contribution in [-0.2, 0) is 0 Å². The molecule has 0 aromatic heterocycles. The van der Waals surface area contributed by atoms with Crippen molar-refractivity contribution in [3.05, 3.63) is 53.0 Å². The van der Waals surface area contributed by atoms with Crippen LogP contribution in [0.2, 0.25) is 0 Å². The van der Waals surface area contributed by atoms with Gasteiger partial charge in [0.2, 0.25) is 0 Å². The molecule has 0 aliphatic rings. The summed E-state index contributed by atoms with van der Waals surface area (Å²) in [7, 11) is 1.63. The van der Waals surface area contributed by atoms with Crippen molar-refractivity contribution < 1.29 is 9.47 Å². The highest BCUT2D eigenvalue weighted by Gasteiger charge is 2.08. The Morgan fingerprint density at radius 3 is 2.43 bits per heavy atom. The van der Waals surface area contributed by atoms with Crippen molar-refractivity contribution in [2.75, 3.05) is 19.0 Å². The maximum Gasteiger partial charge on any atom is 0.171 e. The molecule has 0 unspecified atom stereocenters. The number of ether oxygens (including phenoxy) is 2. The maximum atomic E-state index is 5.78. The van der Waals surface area contributed by atoms with Crippen LogP contribution in [-0.4, -0.2) is 24.9 Å². The molecule has 0 bridgehead atoms. The van der Waals surface area contributed by atoms with E-state index in [4.69, 9.17) is 21.7 Å². The number of methoxy groups -OCH3 is 1. The van der Waals surface area contributed by atoms with Crippen LogP contribution in [0.4, 0.5) is 5.69 Å². The van der Waals surface area contributed by atoms with Crippen molar-refractivity contribution in [1.82, 2.24) is 5.32 Å². The average molecular weight is 395 g/mol. The highest BCUT2D eigenvalue weighted by Crippen LogP contribution is 2.25. The average Bonchev–Trinajstić information content (AvgIpc) is 2.55. The van der Waals surface area contributed by atoms with E-state index >= 15 is 0 Å². The fourth-order valence-electron chi connectivity index (χ4n) is 1.92. The van der Waals surface area contributed by atoms with Gasteiger partial charge in [-0.2, -0.15) is 0 Å². The first-order valence-electron chi connectivity index (χ1n) is 7.17. The van der Waals surface area contributed by atoms with E-state index in [0.717, 1.165) is 21.7 Å². The quantitative estimate of drug-likeness (QED) is 0.718. The second-order valence-electron chi connectivity index (χ2n) is 4.97. The number of benzene rings is 2. The smallest absolute Gasteiger partial charge is 0.171 e. The fourth-order valence-corrected chi connectivity index (χ4v) is 2.50. The third kappa shape index (κ3) is 5.73. The molecule has 0 saturated carbocycles. The predicted octanol–water partition coefficient (Wildman–Crippen LogP) is 4.21. The summed E-state index contributed by atoms with van der Waals surface area (Å²) in [6, 6.07) is 15.4. The van der Waals surface area contributed by atoms with Gasteiger partial charge >= 0.3 is 0 Å². The van der Waals surface area contributed by atoms with Gasteiger partial charge in [0.1, 0.15) is 6.61 Å².